The molecule has 1 amide bonds. The van der Waals surface area contributed by atoms with Crippen LogP contribution in [0.15, 0.2) is 0 Å². The number of hydrogen-bond acceptors (Lipinski definition) is 15. The monoisotopic (exact) mass is 1050 g/mol. The maximum atomic E-state index is 13.5. The van der Waals surface area contributed by atoms with Gasteiger partial charge in [0.05, 0.1) is 32.0 Å². The molecule has 0 aromatic heterocycles. The maximum Gasteiger partial charge on any atom is 0.249 e. The second kappa shape index (κ2) is 43.8. The topological polar surface area (TPSA) is 268 Å². The largest absolute Gasteiger partial charge is 0.394 e. The average molecular weight is 1050 g/mol. The Balaban J connectivity index is 1.87. The van der Waals surface area contributed by atoms with Crippen LogP contribution in [0.4, 0.5) is 0 Å². The van der Waals surface area contributed by atoms with E-state index in [1.165, 1.54) is 161 Å². The molecule has 2 aliphatic heterocycles. The van der Waals surface area contributed by atoms with E-state index in [9.17, 15) is 55.9 Å². The van der Waals surface area contributed by atoms with Crippen molar-refractivity contribution < 1.29 is 74.8 Å². The zero-order valence-corrected chi connectivity index (χ0v) is 45.9. The predicted octanol–water partition coefficient (Wildman–Crippen LogP) is 7.67. The first-order valence-electron chi connectivity index (χ1n) is 30.0. The van der Waals surface area contributed by atoms with E-state index in [0.29, 0.717) is 12.8 Å². The third-order valence-electron chi connectivity index (χ3n) is 15.3. The molecular weight excluding hydrogens is 939 g/mol. The summed E-state index contributed by atoms with van der Waals surface area (Å²) in [5.41, 5.74) is 0. The van der Waals surface area contributed by atoms with Gasteiger partial charge in [-0.05, 0) is 12.8 Å². The highest BCUT2D eigenvalue weighted by molar-refractivity contribution is 5.80. The van der Waals surface area contributed by atoms with Gasteiger partial charge in [-0.2, -0.15) is 0 Å². The van der Waals surface area contributed by atoms with Gasteiger partial charge in [0, 0.05) is 0 Å². The first-order valence-corrected chi connectivity index (χ1v) is 30.0. The Labute approximate surface area is 441 Å². The zero-order chi connectivity index (χ0) is 53.5. The minimum atomic E-state index is -1.87. The van der Waals surface area contributed by atoms with Crippen molar-refractivity contribution in [1.29, 1.82) is 0 Å². The van der Waals surface area contributed by atoms with Crippen LogP contribution in [0.1, 0.15) is 251 Å². The maximum absolute atomic E-state index is 13.5. The highest BCUT2D eigenvalue weighted by Gasteiger charge is 2.51. The molecule has 2 rings (SSSR count). The zero-order valence-electron chi connectivity index (χ0n) is 45.9. The molecule has 0 aromatic rings. The van der Waals surface area contributed by atoms with Crippen molar-refractivity contribution in [2.45, 2.75) is 337 Å². The second-order valence-corrected chi connectivity index (χ2v) is 21.8. The molecule has 73 heavy (non-hydrogen) atoms. The smallest absolute Gasteiger partial charge is 0.249 e. The lowest BCUT2D eigenvalue weighted by molar-refractivity contribution is -0.368. The standard InChI is InChI=1S/C57H111NO15/c1-3-5-7-9-11-13-15-17-19-20-21-22-23-25-27-29-31-33-35-37-39-45(62)55(69)58-43(48(63)44(61)38-36-34-32-30-28-26-24-18-16-14-12-10-8-6-4-2)42-70-57-54(52(67)50(65)47(41-60)72-57)73-56-53(68)51(66)49(64)46(40-59)71-56/h43-54,56-57,59-68H,3-42H2,1-2H3,(H,58,69)/t43-,44+,45+,46+,47+,48-,49-,50-,51-,52-,53+,54+,56?,57-/m0/s1. The van der Waals surface area contributed by atoms with E-state index in [1.54, 1.807) is 0 Å². The summed E-state index contributed by atoms with van der Waals surface area (Å²) < 4.78 is 23.0. The number of hydrogen-bond donors (Lipinski definition) is 11. The second-order valence-electron chi connectivity index (χ2n) is 21.8. The Morgan fingerprint density at radius 1 is 0.452 bits per heavy atom. The van der Waals surface area contributed by atoms with E-state index in [0.717, 1.165) is 51.4 Å². The number of aliphatic hydroxyl groups is 10. The summed E-state index contributed by atoms with van der Waals surface area (Å²) >= 11 is 0. The number of ether oxygens (including phenoxy) is 4. The molecule has 0 bridgehead atoms. The number of carbonyl (C=O) groups excluding carboxylic acids is 1. The summed E-state index contributed by atoms with van der Waals surface area (Å²) in [6, 6.07) is -1.31. The molecular formula is C57H111NO15. The molecule has 0 aliphatic carbocycles. The molecule has 0 saturated carbocycles. The first-order chi connectivity index (χ1) is 35.4. The van der Waals surface area contributed by atoms with Crippen LogP contribution < -0.4 is 5.32 Å². The van der Waals surface area contributed by atoms with Gasteiger partial charge < -0.3 is 75.3 Å². The first kappa shape index (κ1) is 68.0. The van der Waals surface area contributed by atoms with Crippen LogP contribution in [0.2, 0.25) is 0 Å². The molecule has 2 aliphatic rings. The van der Waals surface area contributed by atoms with E-state index >= 15 is 0 Å². The number of amides is 1. The lowest BCUT2D eigenvalue weighted by Crippen LogP contribution is -2.65. The number of nitrogens with one attached hydrogen (secondary N) is 1. The molecule has 16 heteroatoms. The van der Waals surface area contributed by atoms with E-state index in [1.807, 2.05) is 0 Å². The third kappa shape index (κ3) is 29.5. The molecule has 0 spiro atoms. The Morgan fingerprint density at radius 3 is 1.18 bits per heavy atom. The van der Waals surface area contributed by atoms with Gasteiger partial charge in [0.2, 0.25) is 5.91 Å². The molecule has 0 aromatic carbocycles. The summed E-state index contributed by atoms with van der Waals surface area (Å²) in [7, 11) is 0. The molecule has 11 N–H and O–H groups in total. The van der Waals surface area contributed by atoms with Gasteiger partial charge in [-0.15, -0.1) is 0 Å². The summed E-state index contributed by atoms with van der Waals surface area (Å²) in [5.74, 6) is -0.771. The minimum Gasteiger partial charge on any atom is -0.394 e. The van der Waals surface area contributed by atoms with E-state index < -0.39 is 111 Å². The van der Waals surface area contributed by atoms with Gasteiger partial charge in [0.1, 0.15) is 61.0 Å². The van der Waals surface area contributed by atoms with E-state index in [4.69, 9.17) is 18.9 Å². The molecule has 14 atom stereocenters. The van der Waals surface area contributed by atoms with Gasteiger partial charge in [0.15, 0.2) is 12.6 Å². The van der Waals surface area contributed by atoms with E-state index in [2.05, 4.69) is 19.2 Å². The lowest BCUT2D eigenvalue weighted by atomic mass is 9.97. The highest BCUT2D eigenvalue weighted by atomic mass is 16.8. The third-order valence-corrected chi connectivity index (χ3v) is 15.3. The van der Waals surface area contributed by atoms with Gasteiger partial charge >= 0.3 is 0 Å². The van der Waals surface area contributed by atoms with Crippen LogP contribution >= 0.6 is 0 Å². The molecule has 0 radical (unpaired) electrons. The Morgan fingerprint density at radius 2 is 0.795 bits per heavy atom. The minimum absolute atomic E-state index is 0.194. The van der Waals surface area contributed by atoms with Crippen LogP contribution in [-0.4, -0.2) is 163 Å². The summed E-state index contributed by atoms with van der Waals surface area (Å²) in [5, 5.41) is 109. The fourth-order valence-electron chi connectivity index (χ4n) is 10.3. The van der Waals surface area contributed by atoms with Crippen LogP contribution in [0.3, 0.4) is 0 Å². The quantitative estimate of drug-likeness (QED) is 0.0261. The molecule has 2 fully saturated rings. The van der Waals surface area contributed by atoms with Crippen molar-refractivity contribution in [3.8, 4) is 0 Å². The van der Waals surface area contributed by atoms with Crippen LogP contribution in [0.5, 0.6) is 0 Å². The van der Waals surface area contributed by atoms with Crippen molar-refractivity contribution in [2.75, 3.05) is 19.8 Å². The average Bonchev–Trinajstić information content (AvgIpc) is 3.39. The lowest BCUT2D eigenvalue weighted by Gasteiger charge is -2.46. The SMILES string of the molecule is CCCCCCCCCCCCCCCCCCCCCC[C@@H](O)C(=O)N[C@@H](CO[C@H]1O[C@H](CO)[C@H](O)[C@H](O)[C@H]1OC1O[C@H](CO)[C@H](O)[C@H](O)[C@H]1O)[C@H](O)[C@H](O)CCCCCCCCCCCCCCCCC. The van der Waals surface area contributed by atoms with Gasteiger partial charge in [-0.3, -0.25) is 4.79 Å². The molecule has 434 valence electrons. The van der Waals surface area contributed by atoms with Crippen LogP contribution in [0.25, 0.3) is 0 Å². The predicted molar refractivity (Wildman–Crippen MR) is 284 cm³/mol. The van der Waals surface area contributed by atoms with Crippen molar-refractivity contribution in [3.63, 3.8) is 0 Å². The Hall–Kier alpha value is -1.09. The van der Waals surface area contributed by atoms with Crippen LogP contribution in [0, 0.1) is 0 Å². The highest BCUT2D eigenvalue weighted by Crippen LogP contribution is 2.30. The van der Waals surface area contributed by atoms with Gasteiger partial charge in [0.25, 0.3) is 0 Å². The van der Waals surface area contributed by atoms with Crippen molar-refractivity contribution in [2.24, 2.45) is 0 Å². The molecule has 2 heterocycles. The number of unbranched alkanes of at least 4 members (excludes halogenated alkanes) is 33. The summed E-state index contributed by atoms with van der Waals surface area (Å²) in [6.45, 7) is 2.44. The van der Waals surface area contributed by atoms with Crippen molar-refractivity contribution in [1.82, 2.24) is 5.32 Å². The van der Waals surface area contributed by atoms with Crippen molar-refractivity contribution >= 4 is 5.91 Å². The normalized spacial score (nSPS) is 26.2. The van der Waals surface area contributed by atoms with Gasteiger partial charge in [-0.1, -0.05) is 239 Å². The molecule has 1 unspecified atom stereocenters. The van der Waals surface area contributed by atoms with Crippen LogP contribution in [-0.2, 0) is 23.7 Å². The fourth-order valence-corrected chi connectivity index (χ4v) is 10.3. The molecule has 16 nitrogen and oxygen atoms in total. The number of rotatable bonds is 48. The fraction of sp³-hybridized carbons (Fsp3) is 0.982. The Kier molecular flexibility index (Phi) is 40.9. The summed E-state index contributed by atoms with van der Waals surface area (Å²) in [4.78, 5) is 13.5. The van der Waals surface area contributed by atoms with Gasteiger partial charge in [-0.25, -0.2) is 0 Å². The Bertz CT molecular complexity index is 1270. The van der Waals surface area contributed by atoms with Crippen molar-refractivity contribution in [3.05, 3.63) is 0 Å². The number of carbonyl (C=O) groups is 1. The summed E-state index contributed by atoms with van der Waals surface area (Å²) in [6.07, 6.45) is 21.9. The molecule has 2 saturated heterocycles. The number of aliphatic hydroxyl groups excluding tert-OH is 10. The van der Waals surface area contributed by atoms with E-state index in [-0.39, 0.29) is 12.8 Å².